The average molecular weight is 364 g/mol. The summed E-state index contributed by atoms with van der Waals surface area (Å²) in [6.07, 6.45) is 12.1. The summed E-state index contributed by atoms with van der Waals surface area (Å²) in [5.41, 5.74) is 5.25. The number of nitrogens with zero attached hydrogens (tertiary/aromatic N) is 3. The molecule has 0 amide bonds. The van der Waals surface area contributed by atoms with Crippen molar-refractivity contribution >= 4 is 17.3 Å². The summed E-state index contributed by atoms with van der Waals surface area (Å²) >= 11 is 0. The third-order valence-corrected chi connectivity index (χ3v) is 6.41. The molecule has 0 saturated carbocycles. The first-order chi connectivity index (χ1) is 13.0. The first-order valence-electron chi connectivity index (χ1n) is 10.1. The number of hydrogen-bond donors (Lipinski definition) is 0. The van der Waals surface area contributed by atoms with Gasteiger partial charge < -0.3 is 4.90 Å². The summed E-state index contributed by atoms with van der Waals surface area (Å²) < 4.78 is 0.901. The smallest absolute Gasteiger partial charge is 0.227 e. The molecule has 0 unspecified atom stereocenters. The van der Waals surface area contributed by atoms with Crippen molar-refractivity contribution < 1.29 is 14.1 Å². The lowest BCUT2D eigenvalue weighted by Crippen LogP contribution is -2.51. The Kier molecular flexibility index (Phi) is 3.66. The maximum atomic E-state index is 12.5. The van der Waals surface area contributed by atoms with E-state index in [2.05, 4.69) is 43.3 Å². The zero-order valence-electron chi connectivity index (χ0n) is 16.1. The lowest BCUT2D eigenvalue weighted by atomic mass is 9.80. The number of carbonyl (C=O) groups is 2. The van der Waals surface area contributed by atoms with Crippen LogP contribution in [0.3, 0.4) is 0 Å². The molecule has 0 aromatic heterocycles. The van der Waals surface area contributed by atoms with Crippen LogP contribution in [0, 0.1) is 11.8 Å². The number of allylic oxidation sites excluding steroid dienone is 4. The maximum absolute atomic E-state index is 12.5. The van der Waals surface area contributed by atoms with Gasteiger partial charge in [0.05, 0.1) is 31.5 Å². The van der Waals surface area contributed by atoms with Gasteiger partial charge in [-0.2, -0.15) is 0 Å². The van der Waals surface area contributed by atoms with Gasteiger partial charge in [-0.3, -0.25) is 19.1 Å². The molecule has 5 nitrogen and oxygen atoms in total. The predicted molar refractivity (Wildman–Crippen MR) is 103 cm³/mol. The predicted octanol–water partition coefficient (Wildman–Crippen LogP) is 3.08. The van der Waals surface area contributed by atoms with Gasteiger partial charge in [0.2, 0.25) is 11.6 Å². The Morgan fingerprint density at radius 3 is 2.96 bits per heavy atom. The second-order valence-electron chi connectivity index (χ2n) is 8.80. The molecule has 0 aromatic carbocycles. The van der Waals surface area contributed by atoms with Gasteiger partial charge in [0.1, 0.15) is 6.20 Å². The molecule has 0 bridgehead atoms. The number of piperidine rings is 1. The fourth-order valence-corrected chi connectivity index (χ4v) is 5.31. The van der Waals surface area contributed by atoms with E-state index >= 15 is 0 Å². The molecule has 2 atom stereocenters. The van der Waals surface area contributed by atoms with Crippen LogP contribution in [0.2, 0.25) is 0 Å². The molecule has 0 aromatic rings. The second-order valence-corrected chi connectivity index (χ2v) is 8.80. The summed E-state index contributed by atoms with van der Waals surface area (Å²) in [6, 6.07) is 0. The Bertz CT molecular complexity index is 903. The fraction of sp³-hybridized carbons (Fsp3) is 0.500. The van der Waals surface area contributed by atoms with Crippen molar-refractivity contribution in [2.45, 2.75) is 39.5 Å². The van der Waals surface area contributed by atoms with Crippen molar-refractivity contribution in [1.82, 2.24) is 4.90 Å². The Hall–Kier alpha value is -2.27. The molecule has 1 aliphatic carbocycles. The molecule has 27 heavy (non-hydrogen) atoms. The summed E-state index contributed by atoms with van der Waals surface area (Å²) in [7, 11) is 0. The van der Waals surface area contributed by atoms with Crippen LogP contribution in [-0.4, -0.2) is 46.3 Å². The van der Waals surface area contributed by atoms with E-state index in [1.807, 2.05) is 0 Å². The number of fused-ring (bicyclic) bond motifs is 4. The molecule has 1 saturated heterocycles. The van der Waals surface area contributed by atoms with Gasteiger partial charge in [0, 0.05) is 48.1 Å². The van der Waals surface area contributed by atoms with Gasteiger partial charge in [-0.15, -0.1) is 0 Å². The number of aliphatic imine (C=N–C) groups is 1. The zero-order chi connectivity index (χ0) is 18.8. The molecule has 5 heteroatoms. The van der Waals surface area contributed by atoms with E-state index in [1.54, 1.807) is 0 Å². The minimum atomic E-state index is -0.284. The maximum Gasteiger partial charge on any atom is 0.227 e. The monoisotopic (exact) mass is 364 g/mol. The molecule has 5 rings (SSSR count). The van der Waals surface area contributed by atoms with E-state index in [9.17, 15) is 9.59 Å². The molecule has 4 heterocycles. The van der Waals surface area contributed by atoms with Gasteiger partial charge in [0.15, 0.2) is 5.70 Å². The van der Waals surface area contributed by atoms with E-state index in [-0.39, 0.29) is 17.5 Å². The van der Waals surface area contributed by atoms with Crippen LogP contribution in [-0.2, 0) is 9.59 Å². The van der Waals surface area contributed by atoms with E-state index < -0.39 is 0 Å². The summed E-state index contributed by atoms with van der Waals surface area (Å²) in [6.45, 7) is 7.46. The number of Topliss-reactive ketones (excluding diaryl/α,β-unsaturated/α-hetero) is 2. The van der Waals surface area contributed by atoms with E-state index in [4.69, 9.17) is 4.99 Å². The molecule has 1 fully saturated rings. The van der Waals surface area contributed by atoms with Crippen LogP contribution in [0.25, 0.3) is 0 Å². The second kappa shape index (κ2) is 5.86. The lowest BCUT2D eigenvalue weighted by Gasteiger charge is -2.45. The molecular weight excluding hydrogens is 338 g/mol. The van der Waals surface area contributed by atoms with Crippen molar-refractivity contribution in [1.29, 1.82) is 0 Å². The quantitative estimate of drug-likeness (QED) is 0.559. The molecule has 140 valence electrons. The lowest BCUT2D eigenvalue weighted by molar-refractivity contribution is -0.845. The summed E-state index contributed by atoms with van der Waals surface area (Å²) in [4.78, 5) is 31.6. The van der Waals surface area contributed by atoms with Crippen LogP contribution in [0.4, 0.5) is 0 Å². The van der Waals surface area contributed by atoms with Gasteiger partial charge in [0.25, 0.3) is 0 Å². The van der Waals surface area contributed by atoms with Gasteiger partial charge in [-0.05, 0) is 12.5 Å². The summed E-state index contributed by atoms with van der Waals surface area (Å²) in [5.74, 6) is 0.0842. The molecular formula is C22H26N3O2+. The number of hydrogen-bond acceptors (Lipinski definition) is 4. The van der Waals surface area contributed by atoms with Gasteiger partial charge >= 0.3 is 0 Å². The van der Waals surface area contributed by atoms with E-state index in [0.717, 1.165) is 48.4 Å². The summed E-state index contributed by atoms with van der Waals surface area (Å²) in [5, 5.41) is 0. The van der Waals surface area contributed by atoms with Crippen molar-refractivity contribution in [3.63, 3.8) is 0 Å². The Morgan fingerprint density at radius 2 is 2.15 bits per heavy atom. The molecule has 0 radical (unpaired) electrons. The van der Waals surface area contributed by atoms with Crippen molar-refractivity contribution in [3.8, 4) is 0 Å². The van der Waals surface area contributed by atoms with Crippen LogP contribution in [0.1, 0.15) is 39.5 Å². The first kappa shape index (κ1) is 16.9. The molecule has 0 N–H and O–H groups in total. The first-order valence-corrected chi connectivity index (χ1v) is 10.1. The third-order valence-electron chi connectivity index (χ3n) is 6.41. The largest absolute Gasteiger partial charge is 0.336 e. The van der Waals surface area contributed by atoms with Gasteiger partial charge in [-0.1, -0.05) is 19.9 Å². The van der Waals surface area contributed by atoms with Crippen LogP contribution in [0.5, 0.6) is 0 Å². The highest BCUT2D eigenvalue weighted by atomic mass is 16.2. The number of ketones is 2. The minimum absolute atomic E-state index is 0.00799. The Morgan fingerprint density at radius 1 is 1.30 bits per heavy atom. The highest BCUT2D eigenvalue weighted by Crippen LogP contribution is 2.43. The number of carbonyl (C=O) groups excluding carboxylic acids is 2. The number of rotatable bonds is 2. The van der Waals surface area contributed by atoms with Crippen molar-refractivity contribution in [2.24, 2.45) is 16.8 Å². The van der Waals surface area contributed by atoms with Crippen LogP contribution in [0.15, 0.2) is 52.2 Å². The topological polar surface area (TPSA) is 49.7 Å². The fourth-order valence-electron chi connectivity index (χ4n) is 5.31. The third kappa shape index (κ3) is 2.52. The van der Waals surface area contributed by atoms with Crippen molar-refractivity contribution in [3.05, 3.63) is 47.2 Å². The zero-order valence-corrected chi connectivity index (χ0v) is 16.1. The normalized spacial score (nSPS) is 31.9. The molecule has 5 aliphatic rings. The van der Waals surface area contributed by atoms with Crippen molar-refractivity contribution in [2.75, 3.05) is 19.6 Å². The highest BCUT2D eigenvalue weighted by Gasteiger charge is 2.46. The van der Waals surface area contributed by atoms with E-state index in [1.165, 1.54) is 11.4 Å². The standard InChI is InChI=1S/C22H26N3O2/c1-14(2)12-25-8-4-3-5-16(25)10-24-11-19-17(9-15(24)13-25)21-18(23-19)6-7-20(26)22(21)27/h3,5,10,13-14,17H,4,6-9,11-12H2,1-2H3/q+1/t17-,25+/m1/s1. The molecule has 0 spiro atoms. The average Bonchev–Trinajstić information content (AvgIpc) is 2.98. The Balaban J connectivity index is 1.52. The van der Waals surface area contributed by atoms with E-state index in [0.29, 0.717) is 24.3 Å². The van der Waals surface area contributed by atoms with Gasteiger partial charge in [-0.25, -0.2) is 0 Å². The number of quaternary nitrogens is 1. The SMILES string of the molecule is CC(C)C[N@@+]12C=C3C[C@@H]4C(=NC5=C4C(=O)C(=O)CC5)CN3C=C1C=CCC2. The van der Waals surface area contributed by atoms with Crippen LogP contribution >= 0.6 is 0 Å². The Labute approximate surface area is 160 Å². The minimum Gasteiger partial charge on any atom is -0.336 e. The highest BCUT2D eigenvalue weighted by molar-refractivity contribution is 6.45. The molecule has 4 aliphatic heterocycles. The van der Waals surface area contributed by atoms with Crippen LogP contribution < -0.4 is 0 Å².